The van der Waals surface area contributed by atoms with Crippen LogP contribution in [-0.2, 0) is 13.6 Å². The van der Waals surface area contributed by atoms with Crippen molar-refractivity contribution in [1.82, 2.24) is 14.5 Å². The number of rotatable bonds is 6. The van der Waals surface area contributed by atoms with Crippen molar-refractivity contribution in [3.05, 3.63) is 115 Å². The summed E-state index contributed by atoms with van der Waals surface area (Å²) < 4.78 is 2.09. The minimum Gasteiger partial charge on any atom is -0.352 e. The number of pyridine rings is 1. The molecule has 5 nitrogen and oxygen atoms in total. The van der Waals surface area contributed by atoms with E-state index in [1.165, 1.54) is 16.5 Å². The Morgan fingerprint density at radius 3 is 2.49 bits per heavy atom. The smallest absolute Gasteiger partial charge is 0.203 e. The van der Waals surface area contributed by atoms with Gasteiger partial charge in [0.2, 0.25) is 5.95 Å². The minimum atomic E-state index is 0.674. The second-order valence-corrected chi connectivity index (χ2v) is 8.59. The van der Waals surface area contributed by atoms with E-state index >= 15 is 0 Å². The molecule has 4 aromatic carbocycles. The van der Waals surface area contributed by atoms with Crippen LogP contribution >= 0.6 is 0 Å². The van der Waals surface area contributed by atoms with Crippen LogP contribution < -0.4 is 10.6 Å². The molecule has 0 aliphatic rings. The molecule has 35 heavy (non-hydrogen) atoms. The number of hydrogen-bond donors (Lipinski definition) is 2. The first kappa shape index (κ1) is 20.9. The summed E-state index contributed by atoms with van der Waals surface area (Å²) in [5.74, 6) is 1.70. The van der Waals surface area contributed by atoms with E-state index in [1.807, 2.05) is 37.5 Å². The standard InChI is InChI=1S/C30H25N5/c1-35-28-16-6-5-15-27(28)34-30(35)32-20-21-9-7-12-23(19-21)33-29-26-14-8-13-24(25(26)17-18-31-29)22-10-3-2-4-11-22/h2-19H,20H2,1H3,(H,31,33)(H,32,34). The average Bonchev–Trinajstić information content (AvgIpc) is 3.23. The van der Waals surface area contributed by atoms with E-state index in [0.29, 0.717) is 6.54 Å². The van der Waals surface area contributed by atoms with Crippen molar-refractivity contribution >= 4 is 39.3 Å². The summed E-state index contributed by atoms with van der Waals surface area (Å²) in [5, 5.41) is 9.28. The van der Waals surface area contributed by atoms with Gasteiger partial charge < -0.3 is 15.2 Å². The predicted octanol–water partition coefficient (Wildman–Crippen LogP) is 7.14. The van der Waals surface area contributed by atoms with Crippen LogP contribution in [0.5, 0.6) is 0 Å². The Kier molecular flexibility index (Phi) is 5.35. The van der Waals surface area contributed by atoms with Gasteiger partial charge in [-0.15, -0.1) is 0 Å². The maximum absolute atomic E-state index is 4.71. The monoisotopic (exact) mass is 455 g/mol. The molecular formula is C30H25N5. The Bertz CT molecular complexity index is 1640. The number of benzene rings is 4. The molecule has 0 radical (unpaired) electrons. The van der Waals surface area contributed by atoms with Gasteiger partial charge in [0.25, 0.3) is 0 Å². The third-order valence-corrected chi connectivity index (χ3v) is 6.32. The lowest BCUT2D eigenvalue weighted by atomic mass is 9.99. The zero-order chi connectivity index (χ0) is 23.6. The van der Waals surface area contributed by atoms with Gasteiger partial charge >= 0.3 is 0 Å². The largest absolute Gasteiger partial charge is 0.352 e. The van der Waals surface area contributed by atoms with Crippen LogP contribution in [0.3, 0.4) is 0 Å². The fourth-order valence-corrected chi connectivity index (χ4v) is 4.56. The molecule has 0 saturated heterocycles. The van der Waals surface area contributed by atoms with Crippen molar-refractivity contribution in [1.29, 1.82) is 0 Å². The number of para-hydroxylation sites is 2. The van der Waals surface area contributed by atoms with Crippen LogP contribution in [0.1, 0.15) is 5.56 Å². The Labute approximate surface area is 204 Å². The molecule has 0 atom stereocenters. The molecule has 0 saturated carbocycles. The highest BCUT2D eigenvalue weighted by molar-refractivity contribution is 6.02. The Morgan fingerprint density at radius 2 is 1.60 bits per heavy atom. The van der Waals surface area contributed by atoms with Crippen molar-refractivity contribution in [3.8, 4) is 11.1 Å². The average molecular weight is 456 g/mol. The number of nitrogens with zero attached hydrogens (tertiary/aromatic N) is 3. The predicted molar refractivity (Wildman–Crippen MR) is 145 cm³/mol. The van der Waals surface area contributed by atoms with Crippen molar-refractivity contribution < 1.29 is 0 Å². The second kappa shape index (κ2) is 8.95. The van der Waals surface area contributed by atoms with Gasteiger partial charge in [0.05, 0.1) is 11.0 Å². The van der Waals surface area contributed by atoms with Crippen molar-refractivity contribution in [2.75, 3.05) is 10.6 Å². The van der Waals surface area contributed by atoms with Crippen LogP contribution in [0.15, 0.2) is 109 Å². The molecule has 2 aromatic heterocycles. The number of imidazole rings is 1. The van der Waals surface area contributed by atoms with E-state index in [0.717, 1.165) is 39.4 Å². The van der Waals surface area contributed by atoms with E-state index in [2.05, 4.69) is 99.0 Å². The summed E-state index contributed by atoms with van der Waals surface area (Å²) in [6.07, 6.45) is 1.87. The highest BCUT2D eigenvalue weighted by Gasteiger charge is 2.09. The Hall–Kier alpha value is -4.64. The molecular weight excluding hydrogens is 430 g/mol. The number of anilines is 3. The number of fused-ring (bicyclic) bond motifs is 2. The topological polar surface area (TPSA) is 54.8 Å². The van der Waals surface area contributed by atoms with Crippen LogP contribution in [0.25, 0.3) is 32.9 Å². The molecule has 6 rings (SSSR count). The molecule has 2 heterocycles. The molecule has 0 aliphatic carbocycles. The molecule has 0 unspecified atom stereocenters. The molecule has 0 amide bonds. The summed E-state index contributed by atoms with van der Waals surface area (Å²) >= 11 is 0. The summed E-state index contributed by atoms with van der Waals surface area (Å²) in [6.45, 7) is 0.674. The van der Waals surface area contributed by atoms with Gasteiger partial charge in [-0.3, -0.25) is 0 Å². The van der Waals surface area contributed by atoms with Crippen LogP contribution in [0.2, 0.25) is 0 Å². The molecule has 6 aromatic rings. The van der Waals surface area contributed by atoms with Crippen molar-refractivity contribution in [2.24, 2.45) is 7.05 Å². The Morgan fingerprint density at radius 1 is 0.771 bits per heavy atom. The molecule has 5 heteroatoms. The highest BCUT2D eigenvalue weighted by Crippen LogP contribution is 2.32. The summed E-state index contributed by atoms with van der Waals surface area (Å²) in [7, 11) is 2.03. The number of aryl methyl sites for hydroxylation is 1. The number of hydrogen-bond acceptors (Lipinski definition) is 4. The van der Waals surface area contributed by atoms with E-state index in [9.17, 15) is 0 Å². The first-order valence-electron chi connectivity index (χ1n) is 11.7. The zero-order valence-electron chi connectivity index (χ0n) is 19.4. The molecule has 0 fully saturated rings. The van der Waals surface area contributed by atoms with E-state index in [-0.39, 0.29) is 0 Å². The zero-order valence-corrected chi connectivity index (χ0v) is 19.4. The van der Waals surface area contributed by atoms with E-state index in [1.54, 1.807) is 0 Å². The highest BCUT2D eigenvalue weighted by atomic mass is 15.2. The first-order chi connectivity index (χ1) is 17.3. The normalized spacial score (nSPS) is 11.1. The van der Waals surface area contributed by atoms with Crippen LogP contribution in [-0.4, -0.2) is 14.5 Å². The van der Waals surface area contributed by atoms with Crippen molar-refractivity contribution in [3.63, 3.8) is 0 Å². The molecule has 0 bridgehead atoms. The number of nitrogens with one attached hydrogen (secondary N) is 2. The quantitative estimate of drug-likeness (QED) is 0.280. The lowest BCUT2D eigenvalue weighted by Gasteiger charge is -2.13. The van der Waals surface area contributed by atoms with Crippen LogP contribution in [0, 0.1) is 0 Å². The number of aromatic nitrogens is 3. The van der Waals surface area contributed by atoms with Gasteiger partial charge in [-0.2, -0.15) is 0 Å². The summed E-state index contributed by atoms with van der Waals surface area (Å²) in [5.41, 5.74) is 6.66. The van der Waals surface area contributed by atoms with Gasteiger partial charge in [-0.25, -0.2) is 9.97 Å². The van der Waals surface area contributed by atoms with Crippen LogP contribution in [0.4, 0.5) is 17.5 Å². The van der Waals surface area contributed by atoms with E-state index in [4.69, 9.17) is 4.98 Å². The lowest BCUT2D eigenvalue weighted by Crippen LogP contribution is -2.05. The third-order valence-electron chi connectivity index (χ3n) is 6.32. The molecule has 0 spiro atoms. The lowest BCUT2D eigenvalue weighted by molar-refractivity contribution is 0.927. The van der Waals surface area contributed by atoms with Gasteiger partial charge in [-0.1, -0.05) is 72.8 Å². The summed E-state index contributed by atoms with van der Waals surface area (Å²) in [6, 6.07) is 35.5. The summed E-state index contributed by atoms with van der Waals surface area (Å²) in [4.78, 5) is 9.37. The van der Waals surface area contributed by atoms with Gasteiger partial charge in [-0.05, 0) is 52.4 Å². The third kappa shape index (κ3) is 4.08. The molecule has 0 aliphatic heterocycles. The van der Waals surface area contributed by atoms with Gasteiger partial charge in [0.1, 0.15) is 5.82 Å². The maximum Gasteiger partial charge on any atom is 0.203 e. The fourth-order valence-electron chi connectivity index (χ4n) is 4.56. The second-order valence-electron chi connectivity index (χ2n) is 8.59. The first-order valence-corrected chi connectivity index (χ1v) is 11.7. The molecule has 2 N–H and O–H groups in total. The maximum atomic E-state index is 4.71. The molecule has 170 valence electrons. The van der Waals surface area contributed by atoms with Crippen molar-refractivity contribution in [2.45, 2.75) is 6.54 Å². The van der Waals surface area contributed by atoms with Gasteiger partial charge in [0, 0.05) is 30.9 Å². The SMILES string of the molecule is Cn1c(NCc2cccc(Nc3nccc4c(-c5ccccc5)cccc34)c2)nc2ccccc21. The fraction of sp³-hybridized carbons (Fsp3) is 0.0667. The van der Waals surface area contributed by atoms with E-state index < -0.39 is 0 Å². The Balaban J connectivity index is 1.26. The van der Waals surface area contributed by atoms with Gasteiger partial charge in [0.15, 0.2) is 0 Å². The minimum absolute atomic E-state index is 0.674.